The summed E-state index contributed by atoms with van der Waals surface area (Å²) in [6, 6.07) is 7.96. The van der Waals surface area contributed by atoms with E-state index in [1.807, 2.05) is 30.5 Å². The zero-order chi connectivity index (χ0) is 13.2. The van der Waals surface area contributed by atoms with Crippen molar-refractivity contribution in [2.45, 2.75) is 38.0 Å². The molecule has 1 heterocycles. The van der Waals surface area contributed by atoms with Gasteiger partial charge in [-0.05, 0) is 30.4 Å². The normalized spacial score (nSPS) is 18.5. The van der Waals surface area contributed by atoms with Crippen LogP contribution < -0.4 is 0 Å². The largest absolute Gasteiger partial charge is 0.481 e. The molecule has 19 heavy (non-hydrogen) atoms. The van der Waals surface area contributed by atoms with Crippen LogP contribution >= 0.6 is 0 Å². The van der Waals surface area contributed by atoms with Gasteiger partial charge in [0.2, 0.25) is 0 Å². The monoisotopic (exact) mass is 257 g/mol. The first-order chi connectivity index (χ1) is 9.27. The van der Waals surface area contributed by atoms with Crippen molar-refractivity contribution in [3.63, 3.8) is 0 Å². The van der Waals surface area contributed by atoms with Gasteiger partial charge >= 0.3 is 5.97 Å². The Balaban J connectivity index is 2.01. The number of fused-ring (bicyclic) bond motifs is 1. The van der Waals surface area contributed by atoms with E-state index in [0.717, 1.165) is 42.1 Å². The van der Waals surface area contributed by atoms with E-state index in [1.54, 1.807) is 0 Å². The molecule has 1 unspecified atom stereocenters. The van der Waals surface area contributed by atoms with E-state index in [2.05, 4.69) is 4.98 Å². The molecule has 0 spiro atoms. The molecule has 1 aromatic carbocycles. The molecule has 1 aliphatic carbocycles. The minimum atomic E-state index is -0.684. The van der Waals surface area contributed by atoms with Crippen LogP contribution in [-0.2, 0) is 4.79 Å². The fraction of sp³-hybridized carbons (Fsp3) is 0.438. The van der Waals surface area contributed by atoms with Crippen LogP contribution in [0.15, 0.2) is 30.5 Å². The van der Waals surface area contributed by atoms with E-state index in [4.69, 9.17) is 0 Å². The van der Waals surface area contributed by atoms with E-state index in [1.165, 1.54) is 6.42 Å². The SMILES string of the molecule is O=C(O)C(c1c[nH]c2ccccc12)C1CCCCC1. The number of carboxylic acid groups (broad SMARTS) is 1. The smallest absolute Gasteiger partial charge is 0.311 e. The van der Waals surface area contributed by atoms with Gasteiger partial charge in [-0.25, -0.2) is 0 Å². The Morgan fingerprint density at radius 2 is 1.95 bits per heavy atom. The Morgan fingerprint density at radius 3 is 2.68 bits per heavy atom. The van der Waals surface area contributed by atoms with Gasteiger partial charge in [-0.1, -0.05) is 37.5 Å². The van der Waals surface area contributed by atoms with Crippen molar-refractivity contribution in [3.8, 4) is 0 Å². The Morgan fingerprint density at radius 1 is 1.21 bits per heavy atom. The fourth-order valence-electron chi connectivity index (χ4n) is 3.41. The van der Waals surface area contributed by atoms with Gasteiger partial charge in [0.1, 0.15) is 0 Å². The van der Waals surface area contributed by atoms with Crippen LogP contribution in [0.4, 0.5) is 0 Å². The van der Waals surface area contributed by atoms with Crippen molar-refractivity contribution in [1.82, 2.24) is 4.98 Å². The number of aromatic nitrogens is 1. The number of nitrogens with one attached hydrogen (secondary N) is 1. The van der Waals surface area contributed by atoms with Crippen molar-refractivity contribution in [2.24, 2.45) is 5.92 Å². The first kappa shape index (κ1) is 12.3. The molecule has 1 fully saturated rings. The fourth-order valence-corrected chi connectivity index (χ4v) is 3.41. The molecule has 3 heteroatoms. The lowest BCUT2D eigenvalue weighted by Gasteiger charge is -2.27. The molecule has 0 saturated heterocycles. The van der Waals surface area contributed by atoms with Crippen LogP contribution in [-0.4, -0.2) is 16.1 Å². The highest BCUT2D eigenvalue weighted by molar-refractivity contribution is 5.89. The van der Waals surface area contributed by atoms with E-state index in [9.17, 15) is 9.90 Å². The van der Waals surface area contributed by atoms with Gasteiger partial charge < -0.3 is 10.1 Å². The predicted molar refractivity (Wildman–Crippen MR) is 75.3 cm³/mol. The number of benzene rings is 1. The van der Waals surface area contributed by atoms with Crippen molar-refractivity contribution in [1.29, 1.82) is 0 Å². The zero-order valence-electron chi connectivity index (χ0n) is 10.9. The second-order valence-corrected chi connectivity index (χ2v) is 5.50. The molecule has 0 amide bonds. The molecule has 1 atom stereocenters. The number of carbonyl (C=O) groups is 1. The lowest BCUT2D eigenvalue weighted by atomic mass is 9.77. The van der Waals surface area contributed by atoms with E-state index in [0.29, 0.717) is 0 Å². The van der Waals surface area contributed by atoms with Gasteiger partial charge in [0.25, 0.3) is 0 Å². The summed E-state index contributed by atoms with van der Waals surface area (Å²) in [5, 5.41) is 10.7. The maximum atomic E-state index is 11.7. The topological polar surface area (TPSA) is 53.1 Å². The Bertz CT molecular complexity index is 581. The molecular weight excluding hydrogens is 238 g/mol. The van der Waals surface area contributed by atoms with Gasteiger partial charge in [0.15, 0.2) is 0 Å². The Hall–Kier alpha value is -1.77. The zero-order valence-corrected chi connectivity index (χ0v) is 10.9. The van der Waals surface area contributed by atoms with Crippen LogP contribution in [0.5, 0.6) is 0 Å². The lowest BCUT2D eigenvalue weighted by Crippen LogP contribution is -2.23. The van der Waals surface area contributed by atoms with E-state index < -0.39 is 5.97 Å². The van der Waals surface area contributed by atoms with Crippen LogP contribution in [0.3, 0.4) is 0 Å². The highest BCUT2D eigenvalue weighted by Gasteiger charge is 2.32. The molecule has 0 radical (unpaired) electrons. The molecule has 0 aliphatic heterocycles. The summed E-state index contributed by atoms with van der Waals surface area (Å²) in [7, 11) is 0. The summed E-state index contributed by atoms with van der Waals surface area (Å²) < 4.78 is 0. The quantitative estimate of drug-likeness (QED) is 0.875. The van der Waals surface area contributed by atoms with Crippen molar-refractivity contribution < 1.29 is 9.90 Å². The Kier molecular flexibility index (Phi) is 3.28. The molecule has 2 N–H and O–H groups in total. The van der Waals surface area contributed by atoms with Gasteiger partial charge in [-0.2, -0.15) is 0 Å². The van der Waals surface area contributed by atoms with E-state index in [-0.39, 0.29) is 11.8 Å². The number of hydrogen-bond acceptors (Lipinski definition) is 1. The molecular formula is C16H19NO2. The number of hydrogen-bond donors (Lipinski definition) is 2. The molecule has 3 nitrogen and oxygen atoms in total. The van der Waals surface area contributed by atoms with Crippen LogP contribution in [0.1, 0.15) is 43.6 Å². The molecule has 0 bridgehead atoms. The third-order valence-electron chi connectivity index (χ3n) is 4.34. The first-order valence-electron chi connectivity index (χ1n) is 7.06. The maximum Gasteiger partial charge on any atom is 0.311 e. The number of aromatic amines is 1. The number of aliphatic carboxylic acids is 1. The molecule has 1 aliphatic rings. The molecule has 3 rings (SSSR count). The Labute approximate surface area is 112 Å². The average molecular weight is 257 g/mol. The van der Waals surface area contributed by atoms with Crippen molar-refractivity contribution in [3.05, 3.63) is 36.0 Å². The number of rotatable bonds is 3. The summed E-state index contributed by atoms with van der Waals surface area (Å²) >= 11 is 0. The minimum absolute atomic E-state index is 0.283. The van der Waals surface area contributed by atoms with E-state index >= 15 is 0 Å². The molecule has 1 aromatic heterocycles. The second kappa shape index (κ2) is 5.08. The average Bonchev–Trinajstić information content (AvgIpc) is 2.84. The number of H-pyrrole nitrogens is 1. The van der Waals surface area contributed by atoms with Gasteiger partial charge in [0.05, 0.1) is 5.92 Å². The number of carboxylic acids is 1. The highest BCUT2D eigenvalue weighted by Crippen LogP contribution is 2.38. The summed E-state index contributed by atoms with van der Waals surface area (Å²) in [5.41, 5.74) is 1.98. The van der Waals surface area contributed by atoms with Gasteiger partial charge in [-0.15, -0.1) is 0 Å². The number of para-hydroxylation sites is 1. The summed E-state index contributed by atoms with van der Waals surface area (Å²) in [6.07, 6.45) is 7.54. The van der Waals surface area contributed by atoms with Crippen molar-refractivity contribution >= 4 is 16.9 Å². The first-order valence-corrected chi connectivity index (χ1v) is 7.06. The minimum Gasteiger partial charge on any atom is -0.481 e. The summed E-state index contributed by atoms with van der Waals surface area (Å²) in [5.74, 6) is -0.765. The molecule has 2 aromatic rings. The van der Waals surface area contributed by atoms with Crippen LogP contribution in [0.2, 0.25) is 0 Å². The van der Waals surface area contributed by atoms with Crippen LogP contribution in [0.25, 0.3) is 10.9 Å². The van der Waals surface area contributed by atoms with Gasteiger partial charge in [-0.3, -0.25) is 4.79 Å². The van der Waals surface area contributed by atoms with Crippen LogP contribution in [0, 0.1) is 5.92 Å². The van der Waals surface area contributed by atoms with Crippen molar-refractivity contribution in [2.75, 3.05) is 0 Å². The molecule has 100 valence electrons. The maximum absolute atomic E-state index is 11.7. The third kappa shape index (κ3) is 2.25. The summed E-state index contributed by atoms with van der Waals surface area (Å²) in [4.78, 5) is 14.9. The second-order valence-electron chi connectivity index (χ2n) is 5.50. The summed E-state index contributed by atoms with van der Waals surface area (Å²) in [6.45, 7) is 0. The standard InChI is InChI=1S/C16H19NO2/c18-16(19)15(11-6-2-1-3-7-11)13-10-17-14-9-5-4-8-12(13)14/h4-5,8-11,15,17H,1-3,6-7H2,(H,18,19). The predicted octanol–water partition coefficient (Wildman–Crippen LogP) is 3.92. The molecule has 1 saturated carbocycles. The van der Waals surface area contributed by atoms with Gasteiger partial charge in [0, 0.05) is 17.1 Å². The third-order valence-corrected chi connectivity index (χ3v) is 4.34. The highest BCUT2D eigenvalue weighted by atomic mass is 16.4. The lowest BCUT2D eigenvalue weighted by molar-refractivity contribution is -0.140.